The number of allylic oxidation sites excluding steroid dienone is 2. The zero-order chi connectivity index (χ0) is 11.9. The van der Waals surface area contributed by atoms with Crippen LogP contribution < -0.4 is 0 Å². The Morgan fingerprint density at radius 3 is 2.50 bits per heavy atom. The zero-order valence-electron chi connectivity index (χ0n) is 11.2. The minimum absolute atomic E-state index is 0. The van der Waals surface area contributed by atoms with Gasteiger partial charge in [0.1, 0.15) is 0 Å². The van der Waals surface area contributed by atoms with Crippen molar-refractivity contribution in [2.45, 2.75) is 12.8 Å². The van der Waals surface area contributed by atoms with E-state index in [1.165, 1.54) is 33.4 Å². The van der Waals surface area contributed by atoms with E-state index in [9.17, 15) is 0 Å². The third-order valence-electron chi connectivity index (χ3n) is 3.76. The molecule has 2 heteroatoms. The van der Waals surface area contributed by atoms with Crippen molar-refractivity contribution >= 4 is 12.2 Å². The fraction of sp³-hybridized carbons (Fsp3) is 0.111. The summed E-state index contributed by atoms with van der Waals surface area (Å²) in [5.41, 5.74) is 8.08. The number of hydrogen-bond donors (Lipinski definition) is 0. The van der Waals surface area contributed by atoms with Crippen LogP contribution in [0.25, 0.3) is 23.3 Å². The van der Waals surface area contributed by atoms with Crippen LogP contribution in [-0.4, -0.2) is 0 Å². The largest absolute Gasteiger partial charge is 0.272 e. The van der Waals surface area contributed by atoms with Gasteiger partial charge in [0.25, 0.3) is 0 Å². The van der Waals surface area contributed by atoms with Crippen LogP contribution in [0, 0.1) is 12.2 Å². The maximum absolute atomic E-state index is 3.31. The standard InChI is InChI=1S/C18H12.2Y/c1-4-13-10-11-16(12-15(13)7-1)18-9-3-6-14-5-2-8-17(14)18;;/h3,5-7,9-12H,4,8H2;;/q-2;;. The SMILES string of the molecule is [C-]1=Cc2cc(-c3cccc4c3C[C-]=C4)ccc2C1.[Y].[Y]. The monoisotopic (exact) mass is 406 g/mol. The van der Waals surface area contributed by atoms with Crippen LogP contribution >= 0.6 is 0 Å². The Bertz CT molecular complexity index is 697. The Morgan fingerprint density at radius 2 is 1.60 bits per heavy atom. The van der Waals surface area contributed by atoms with Gasteiger partial charge in [-0.3, -0.25) is 12.2 Å². The summed E-state index contributed by atoms with van der Waals surface area (Å²) in [6.07, 6.45) is 12.7. The van der Waals surface area contributed by atoms with Gasteiger partial charge in [-0.25, -0.2) is 12.2 Å². The molecule has 2 aliphatic rings. The van der Waals surface area contributed by atoms with Crippen LogP contribution in [-0.2, 0) is 78.3 Å². The van der Waals surface area contributed by atoms with E-state index in [4.69, 9.17) is 0 Å². The second-order valence-corrected chi connectivity index (χ2v) is 4.84. The van der Waals surface area contributed by atoms with Crippen LogP contribution in [0.4, 0.5) is 0 Å². The molecule has 2 aromatic carbocycles. The molecule has 2 aromatic rings. The Balaban J connectivity index is 0.000000735. The molecule has 0 saturated heterocycles. The molecule has 0 N–H and O–H groups in total. The third-order valence-corrected chi connectivity index (χ3v) is 3.76. The summed E-state index contributed by atoms with van der Waals surface area (Å²) in [6.45, 7) is 0. The Hall–Kier alpha value is 0.128. The normalized spacial score (nSPS) is 13.4. The van der Waals surface area contributed by atoms with E-state index in [2.05, 4.69) is 60.7 Å². The average Bonchev–Trinajstić information content (AvgIpc) is 3.05. The predicted molar refractivity (Wildman–Crippen MR) is 74.7 cm³/mol. The van der Waals surface area contributed by atoms with Crippen LogP contribution in [0.15, 0.2) is 36.4 Å². The summed E-state index contributed by atoms with van der Waals surface area (Å²) in [6, 6.07) is 13.3. The maximum atomic E-state index is 3.31. The fourth-order valence-electron chi connectivity index (χ4n) is 2.80. The minimum atomic E-state index is 0. The third kappa shape index (κ3) is 2.86. The molecule has 0 spiro atoms. The first-order valence-corrected chi connectivity index (χ1v) is 6.30. The minimum Gasteiger partial charge on any atom is -0.272 e. The van der Waals surface area contributed by atoms with Gasteiger partial charge >= 0.3 is 0 Å². The van der Waals surface area contributed by atoms with Crippen molar-refractivity contribution in [3.8, 4) is 11.1 Å². The number of rotatable bonds is 1. The van der Waals surface area contributed by atoms with Gasteiger partial charge in [-0.15, -0.1) is 36.1 Å². The molecular weight excluding hydrogens is 394 g/mol. The van der Waals surface area contributed by atoms with Crippen molar-refractivity contribution in [3.05, 3.63) is 70.8 Å². The topological polar surface area (TPSA) is 0 Å². The van der Waals surface area contributed by atoms with E-state index in [0.29, 0.717) is 0 Å². The molecule has 92 valence electrons. The molecule has 0 nitrogen and oxygen atoms in total. The summed E-state index contributed by atoms with van der Waals surface area (Å²) < 4.78 is 0. The van der Waals surface area contributed by atoms with Crippen LogP contribution in [0.3, 0.4) is 0 Å². The van der Waals surface area contributed by atoms with E-state index in [0.717, 1.165) is 12.8 Å². The second kappa shape index (κ2) is 6.93. The molecule has 4 rings (SSSR count). The molecule has 0 unspecified atom stereocenters. The summed E-state index contributed by atoms with van der Waals surface area (Å²) in [4.78, 5) is 0. The molecule has 0 heterocycles. The smallest absolute Gasteiger partial charge is 0 e. The van der Waals surface area contributed by atoms with Gasteiger partial charge in [-0.2, -0.15) is 11.1 Å². The molecule has 0 fully saturated rings. The van der Waals surface area contributed by atoms with E-state index >= 15 is 0 Å². The molecule has 2 aliphatic carbocycles. The molecule has 2 radical (unpaired) electrons. The van der Waals surface area contributed by atoms with Gasteiger partial charge in [0.15, 0.2) is 0 Å². The number of fused-ring (bicyclic) bond motifs is 2. The van der Waals surface area contributed by atoms with Gasteiger partial charge in [0, 0.05) is 65.4 Å². The van der Waals surface area contributed by atoms with Crippen LogP contribution in [0.1, 0.15) is 22.3 Å². The van der Waals surface area contributed by atoms with Crippen LogP contribution in [0.2, 0.25) is 0 Å². The van der Waals surface area contributed by atoms with Crippen molar-refractivity contribution in [1.82, 2.24) is 0 Å². The van der Waals surface area contributed by atoms with E-state index in [1.807, 2.05) is 0 Å². The van der Waals surface area contributed by atoms with E-state index in [1.54, 1.807) is 0 Å². The molecule has 0 aliphatic heterocycles. The Kier molecular flexibility index (Phi) is 5.71. The van der Waals surface area contributed by atoms with Gasteiger partial charge < -0.3 is 0 Å². The molecule has 0 aromatic heterocycles. The van der Waals surface area contributed by atoms with Crippen molar-refractivity contribution < 1.29 is 65.4 Å². The number of benzene rings is 2. The number of hydrogen-bond acceptors (Lipinski definition) is 0. The van der Waals surface area contributed by atoms with Gasteiger partial charge in [-0.05, 0) is 11.1 Å². The molecular formula is C18H12Y2-2. The Morgan fingerprint density at radius 1 is 0.800 bits per heavy atom. The average molecular weight is 406 g/mol. The predicted octanol–water partition coefficient (Wildman–Crippen LogP) is 4.09. The summed E-state index contributed by atoms with van der Waals surface area (Å²) in [5, 5.41) is 0. The first kappa shape index (κ1) is 16.5. The van der Waals surface area contributed by atoms with Crippen molar-refractivity contribution in [2.24, 2.45) is 0 Å². The van der Waals surface area contributed by atoms with E-state index < -0.39 is 0 Å². The molecule has 20 heavy (non-hydrogen) atoms. The molecule has 0 amide bonds. The van der Waals surface area contributed by atoms with Crippen molar-refractivity contribution in [2.75, 3.05) is 0 Å². The van der Waals surface area contributed by atoms with Gasteiger partial charge in [0.2, 0.25) is 0 Å². The Labute approximate surface area is 170 Å². The summed E-state index contributed by atoms with van der Waals surface area (Å²) >= 11 is 0. The van der Waals surface area contributed by atoms with Gasteiger partial charge in [-0.1, -0.05) is 24.3 Å². The zero-order valence-corrected chi connectivity index (χ0v) is 16.9. The first-order chi connectivity index (χ1) is 8.92. The summed E-state index contributed by atoms with van der Waals surface area (Å²) in [7, 11) is 0. The first-order valence-electron chi connectivity index (χ1n) is 6.30. The van der Waals surface area contributed by atoms with E-state index in [-0.39, 0.29) is 65.4 Å². The molecule has 0 bridgehead atoms. The maximum Gasteiger partial charge on any atom is 0 e. The van der Waals surface area contributed by atoms with Crippen molar-refractivity contribution in [3.63, 3.8) is 0 Å². The second-order valence-electron chi connectivity index (χ2n) is 4.84. The summed E-state index contributed by atoms with van der Waals surface area (Å²) in [5.74, 6) is 0. The quantitative estimate of drug-likeness (QED) is 0.626. The molecule has 0 atom stereocenters. The van der Waals surface area contributed by atoms with Crippen LogP contribution in [0.5, 0.6) is 0 Å². The van der Waals surface area contributed by atoms with Crippen molar-refractivity contribution in [1.29, 1.82) is 0 Å². The fourth-order valence-corrected chi connectivity index (χ4v) is 2.80. The van der Waals surface area contributed by atoms with Gasteiger partial charge in [0.05, 0.1) is 0 Å². The molecule has 0 saturated carbocycles.